The summed E-state index contributed by atoms with van der Waals surface area (Å²) in [7, 11) is 0. The monoisotopic (exact) mass is 463 g/mol. The van der Waals surface area contributed by atoms with E-state index in [0.717, 1.165) is 21.2 Å². The Hall–Kier alpha value is -4.45. The molecule has 1 heterocycles. The molecule has 2 N–H and O–H groups in total. The van der Waals surface area contributed by atoms with Gasteiger partial charge in [0, 0.05) is 0 Å². The van der Waals surface area contributed by atoms with Crippen LogP contribution in [0.3, 0.4) is 0 Å². The molecule has 1 unspecified atom stereocenters. The highest BCUT2D eigenvalue weighted by Crippen LogP contribution is 2.35. The van der Waals surface area contributed by atoms with Crippen molar-refractivity contribution in [3.05, 3.63) is 120 Å². The maximum atomic E-state index is 13.7. The number of rotatable bonds is 6. The second-order valence-electron chi connectivity index (χ2n) is 8.70. The molecular formula is C29H25N3O3. The van der Waals surface area contributed by atoms with E-state index in [2.05, 4.69) is 10.6 Å². The second kappa shape index (κ2) is 9.06. The van der Waals surface area contributed by atoms with Gasteiger partial charge in [0.15, 0.2) is 5.54 Å². The minimum Gasteiger partial charge on any atom is -0.348 e. The quantitative estimate of drug-likeness (QED) is 0.413. The summed E-state index contributed by atoms with van der Waals surface area (Å²) in [6, 6.07) is 31.3. The summed E-state index contributed by atoms with van der Waals surface area (Å²) < 4.78 is 0. The van der Waals surface area contributed by atoms with Crippen molar-refractivity contribution in [1.29, 1.82) is 0 Å². The van der Waals surface area contributed by atoms with Crippen molar-refractivity contribution in [3.8, 4) is 0 Å². The van der Waals surface area contributed by atoms with Gasteiger partial charge in [-0.3, -0.25) is 14.5 Å². The number of carbonyl (C=O) groups excluding carboxylic acids is 3. The highest BCUT2D eigenvalue weighted by Gasteiger charge is 2.54. The molecule has 0 aliphatic carbocycles. The summed E-state index contributed by atoms with van der Waals surface area (Å²) in [6.07, 6.45) is 0. The number of fused-ring (bicyclic) bond motifs is 1. The lowest BCUT2D eigenvalue weighted by Gasteiger charge is -2.28. The van der Waals surface area contributed by atoms with E-state index in [1.165, 1.54) is 0 Å². The molecule has 1 atom stereocenters. The normalized spacial score (nSPS) is 15.6. The average Bonchev–Trinajstić information content (AvgIpc) is 3.15. The summed E-state index contributed by atoms with van der Waals surface area (Å²) in [6.45, 7) is 1.51. The van der Waals surface area contributed by atoms with Crippen molar-refractivity contribution < 1.29 is 14.4 Å². The van der Waals surface area contributed by atoms with E-state index >= 15 is 0 Å². The smallest absolute Gasteiger partial charge is 0.326 e. The van der Waals surface area contributed by atoms with E-state index in [9.17, 15) is 14.4 Å². The molecule has 1 fully saturated rings. The average molecular weight is 464 g/mol. The van der Waals surface area contributed by atoms with Crippen LogP contribution in [0.5, 0.6) is 0 Å². The number of hydrogen-bond donors (Lipinski definition) is 2. The Bertz CT molecular complexity index is 1360. The molecule has 0 bridgehead atoms. The SMILES string of the molecule is CC(NC(=O)CN1C(=O)NC(c2ccccc2)(c2ccccc2)C1=O)c1ccc2ccccc2c1. The lowest BCUT2D eigenvalue weighted by atomic mass is 9.82. The van der Waals surface area contributed by atoms with Gasteiger partial charge in [-0.2, -0.15) is 0 Å². The van der Waals surface area contributed by atoms with Gasteiger partial charge in [-0.15, -0.1) is 0 Å². The molecule has 1 aliphatic rings. The number of urea groups is 1. The molecule has 1 saturated heterocycles. The van der Waals surface area contributed by atoms with Crippen LogP contribution < -0.4 is 10.6 Å². The molecule has 0 radical (unpaired) electrons. The van der Waals surface area contributed by atoms with Crippen molar-refractivity contribution in [1.82, 2.24) is 15.5 Å². The van der Waals surface area contributed by atoms with E-state index in [1.54, 1.807) is 24.3 Å². The van der Waals surface area contributed by atoms with Crippen LogP contribution in [0.2, 0.25) is 0 Å². The van der Waals surface area contributed by atoms with Gasteiger partial charge in [-0.1, -0.05) is 97.1 Å². The van der Waals surface area contributed by atoms with Crippen LogP contribution in [-0.4, -0.2) is 29.3 Å². The van der Waals surface area contributed by atoms with E-state index in [-0.39, 0.29) is 12.6 Å². The summed E-state index contributed by atoms with van der Waals surface area (Å²) >= 11 is 0. The van der Waals surface area contributed by atoms with Gasteiger partial charge in [0.25, 0.3) is 5.91 Å². The molecule has 0 aromatic heterocycles. The summed E-state index contributed by atoms with van der Waals surface area (Å²) in [5.41, 5.74) is 0.829. The number of nitrogens with one attached hydrogen (secondary N) is 2. The fourth-order valence-corrected chi connectivity index (χ4v) is 4.65. The second-order valence-corrected chi connectivity index (χ2v) is 8.70. The number of benzene rings is 4. The Morgan fingerprint density at radius 2 is 1.40 bits per heavy atom. The van der Waals surface area contributed by atoms with Crippen molar-refractivity contribution in [2.75, 3.05) is 6.54 Å². The van der Waals surface area contributed by atoms with Crippen LogP contribution >= 0.6 is 0 Å². The van der Waals surface area contributed by atoms with Gasteiger partial charge >= 0.3 is 6.03 Å². The Morgan fingerprint density at radius 3 is 2.03 bits per heavy atom. The zero-order valence-electron chi connectivity index (χ0n) is 19.3. The third-order valence-electron chi connectivity index (χ3n) is 6.47. The highest BCUT2D eigenvalue weighted by atomic mass is 16.2. The largest absolute Gasteiger partial charge is 0.348 e. The molecule has 6 nitrogen and oxygen atoms in total. The molecule has 4 amide bonds. The first-order valence-corrected chi connectivity index (χ1v) is 11.5. The predicted octanol–water partition coefficient (Wildman–Crippen LogP) is 4.51. The summed E-state index contributed by atoms with van der Waals surface area (Å²) in [5.74, 6) is -0.889. The van der Waals surface area contributed by atoms with Crippen LogP contribution in [0.25, 0.3) is 10.8 Å². The minimum atomic E-state index is -1.39. The Labute approximate surface area is 203 Å². The van der Waals surface area contributed by atoms with Gasteiger partial charge in [-0.05, 0) is 40.5 Å². The van der Waals surface area contributed by atoms with Crippen LogP contribution in [-0.2, 0) is 15.1 Å². The lowest BCUT2D eigenvalue weighted by Crippen LogP contribution is -2.46. The Balaban J connectivity index is 1.38. The van der Waals surface area contributed by atoms with E-state index < -0.39 is 23.4 Å². The molecule has 1 aliphatic heterocycles. The standard InChI is InChI=1S/C29H25N3O3/c1-20(22-17-16-21-10-8-9-11-23(21)18-22)30-26(33)19-32-27(34)29(31-28(32)35,24-12-4-2-5-13-24)25-14-6-3-7-15-25/h2-18,20H,19H2,1H3,(H,30,33)(H,31,35). The first kappa shape index (κ1) is 22.3. The van der Waals surface area contributed by atoms with E-state index in [0.29, 0.717) is 11.1 Å². The first-order valence-electron chi connectivity index (χ1n) is 11.5. The third kappa shape index (κ3) is 4.04. The van der Waals surface area contributed by atoms with Crippen molar-refractivity contribution >= 4 is 28.6 Å². The predicted molar refractivity (Wildman–Crippen MR) is 134 cm³/mol. The van der Waals surface area contributed by atoms with Crippen molar-refractivity contribution in [2.45, 2.75) is 18.5 Å². The van der Waals surface area contributed by atoms with Crippen LogP contribution in [0.15, 0.2) is 103 Å². The Morgan fingerprint density at radius 1 is 0.829 bits per heavy atom. The van der Waals surface area contributed by atoms with Crippen molar-refractivity contribution in [2.24, 2.45) is 0 Å². The number of amides is 4. The third-order valence-corrected chi connectivity index (χ3v) is 6.47. The maximum Gasteiger partial charge on any atom is 0.326 e. The van der Waals surface area contributed by atoms with E-state index in [1.807, 2.05) is 85.8 Å². The van der Waals surface area contributed by atoms with Gasteiger partial charge in [0.05, 0.1) is 6.04 Å². The number of hydrogen-bond acceptors (Lipinski definition) is 3. The lowest BCUT2D eigenvalue weighted by molar-refractivity contribution is -0.134. The molecule has 174 valence electrons. The number of nitrogens with zero attached hydrogens (tertiary/aromatic N) is 1. The highest BCUT2D eigenvalue weighted by molar-refractivity contribution is 6.11. The molecular weight excluding hydrogens is 438 g/mol. The van der Waals surface area contributed by atoms with Gasteiger partial charge in [0.1, 0.15) is 6.54 Å². The maximum absolute atomic E-state index is 13.7. The molecule has 6 heteroatoms. The summed E-state index contributed by atoms with van der Waals surface area (Å²) in [4.78, 5) is 40.7. The van der Waals surface area contributed by atoms with Gasteiger partial charge in [0.2, 0.25) is 5.91 Å². The van der Waals surface area contributed by atoms with Crippen molar-refractivity contribution in [3.63, 3.8) is 0 Å². The summed E-state index contributed by atoms with van der Waals surface area (Å²) in [5, 5.41) is 7.99. The fourth-order valence-electron chi connectivity index (χ4n) is 4.65. The first-order chi connectivity index (χ1) is 17.0. The van der Waals surface area contributed by atoms with Gasteiger partial charge in [-0.25, -0.2) is 4.79 Å². The van der Waals surface area contributed by atoms with Crippen LogP contribution in [0.4, 0.5) is 4.79 Å². The number of imide groups is 1. The van der Waals surface area contributed by atoms with Gasteiger partial charge < -0.3 is 10.6 Å². The molecule has 5 rings (SSSR count). The molecule has 35 heavy (non-hydrogen) atoms. The minimum absolute atomic E-state index is 0.291. The topological polar surface area (TPSA) is 78.5 Å². The van der Waals surface area contributed by atoms with Crippen LogP contribution in [0, 0.1) is 0 Å². The zero-order valence-corrected chi connectivity index (χ0v) is 19.3. The molecule has 0 spiro atoms. The van der Waals surface area contributed by atoms with Crippen LogP contribution in [0.1, 0.15) is 29.7 Å². The fraction of sp³-hybridized carbons (Fsp3) is 0.138. The van der Waals surface area contributed by atoms with E-state index in [4.69, 9.17) is 0 Å². The molecule has 0 saturated carbocycles. The zero-order chi connectivity index (χ0) is 24.4. The Kier molecular flexibility index (Phi) is 5.79. The molecule has 4 aromatic carbocycles. The number of carbonyl (C=O) groups is 3. The molecule has 4 aromatic rings.